The van der Waals surface area contributed by atoms with Gasteiger partial charge in [-0.25, -0.2) is 4.68 Å². The maximum Gasteiger partial charge on any atom is 0.274 e. The number of rotatable bonds is 6. The van der Waals surface area contributed by atoms with Gasteiger partial charge in [0.05, 0.1) is 5.56 Å². The van der Waals surface area contributed by atoms with Crippen LogP contribution in [-0.4, -0.2) is 34.3 Å². The molecule has 0 N–H and O–H groups in total. The third-order valence-electron chi connectivity index (χ3n) is 5.60. The van der Waals surface area contributed by atoms with E-state index in [0.29, 0.717) is 6.54 Å². The standard InChI is InChI=1S/C24H27N3O/c28-24-23(22-10-2-1-3-11-22)12-15-25-27(24)17-7-6-16-26-18-13-20-8-4-5-9-21(20)14-19-26/h1-5,8-12,15H,6-7,13-14,16-19H2. The van der Waals surface area contributed by atoms with Crippen LogP contribution in [0.25, 0.3) is 11.1 Å². The van der Waals surface area contributed by atoms with Crippen molar-refractivity contribution in [1.82, 2.24) is 14.7 Å². The van der Waals surface area contributed by atoms with E-state index in [4.69, 9.17) is 0 Å². The third kappa shape index (κ3) is 4.39. The highest BCUT2D eigenvalue weighted by molar-refractivity contribution is 5.61. The van der Waals surface area contributed by atoms with Crippen LogP contribution in [0.2, 0.25) is 0 Å². The highest BCUT2D eigenvalue weighted by Gasteiger charge is 2.13. The van der Waals surface area contributed by atoms with Crippen LogP contribution in [-0.2, 0) is 19.4 Å². The largest absolute Gasteiger partial charge is 0.303 e. The monoisotopic (exact) mass is 373 g/mol. The van der Waals surface area contributed by atoms with Gasteiger partial charge in [-0.3, -0.25) is 4.79 Å². The van der Waals surface area contributed by atoms with E-state index < -0.39 is 0 Å². The number of unbranched alkanes of at least 4 members (excludes halogenated alkanes) is 1. The van der Waals surface area contributed by atoms with E-state index in [1.165, 1.54) is 11.1 Å². The minimum Gasteiger partial charge on any atom is -0.303 e. The van der Waals surface area contributed by atoms with Crippen molar-refractivity contribution in [2.24, 2.45) is 0 Å². The first-order valence-electron chi connectivity index (χ1n) is 10.2. The molecule has 1 aliphatic rings. The average molecular weight is 374 g/mol. The molecule has 3 aromatic rings. The highest BCUT2D eigenvalue weighted by atomic mass is 16.1. The lowest BCUT2D eigenvalue weighted by atomic mass is 10.0. The maximum atomic E-state index is 12.7. The van der Waals surface area contributed by atoms with Crippen molar-refractivity contribution < 1.29 is 0 Å². The van der Waals surface area contributed by atoms with E-state index in [1.54, 1.807) is 10.9 Å². The van der Waals surface area contributed by atoms with E-state index in [0.717, 1.165) is 56.4 Å². The second kappa shape index (κ2) is 8.98. The highest BCUT2D eigenvalue weighted by Crippen LogP contribution is 2.16. The molecule has 0 spiro atoms. The zero-order valence-corrected chi connectivity index (χ0v) is 16.3. The molecule has 0 unspecified atom stereocenters. The van der Waals surface area contributed by atoms with Crippen LogP contribution in [0.3, 0.4) is 0 Å². The van der Waals surface area contributed by atoms with E-state index >= 15 is 0 Å². The summed E-state index contributed by atoms with van der Waals surface area (Å²) in [6.45, 7) is 4.01. The molecule has 2 aromatic carbocycles. The van der Waals surface area contributed by atoms with Crippen LogP contribution in [0, 0.1) is 0 Å². The molecule has 0 saturated carbocycles. The summed E-state index contributed by atoms with van der Waals surface area (Å²) in [5.41, 5.74) is 4.67. The Balaban J connectivity index is 1.30. The number of fused-ring (bicyclic) bond motifs is 1. The fourth-order valence-electron chi connectivity index (χ4n) is 3.98. The third-order valence-corrected chi connectivity index (χ3v) is 5.60. The van der Waals surface area contributed by atoms with Crippen LogP contribution in [0.4, 0.5) is 0 Å². The molecule has 28 heavy (non-hydrogen) atoms. The van der Waals surface area contributed by atoms with Gasteiger partial charge in [0, 0.05) is 25.8 Å². The van der Waals surface area contributed by atoms with Crippen molar-refractivity contribution in [3.63, 3.8) is 0 Å². The maximum absolute atomic E-state index is 12.7. The molecule has 0 bridgehead atoms. The number of aryl methyl sites for hydroxylation is 1. The Bertz CT molecular complexity index is 938. The first-order chi connectivity index (χ1) is 13.8. The number of aromatic nitrogens is 2. The topological polar surface area (TPSA) is 38.1 Å². The molecule has 0 aliphatic carbocycles. The molecule has 4 heteroatoms. The summed E-state index contributed by atoms with van der Waals surface area (Å²) in [6.07, 6.45) is 6.05. The van der Waals surface area contributed by atoms with Gasteiger partial charge in [0.25, 0.3) is 5.56 Å². The number of benzene rings is 2. The van der Waals surface area contributed by atoms with Crippen molar-refractivity contribution in [2.45, 2.75) is 32.2 Å². The summed E-state index contributed by atoms with van der Waals surface area (Å²) in [6, 6.07) is 20.4. The van der Waals surface area contributed by atoms with Gasteiger partial charge in [0.2, 0.25) is 0 Å². The Kier molecular flexibility index (Phi) is 5.98. The first kappa shape index (κ1) is 18.6. The molecule has 0 saturated heterocycles. The summed E-state index contributed by atoms with van der Waals surface area (Å²) < 4.78 is 1.61. The molecule has 1 aromatic heterocycles. The van der Waals surface area contributed by atoms with Gasteiger partial charge < -0.3 is 4.90 Å². The van der Waals surface area contributed by atoms with Gasteiger partial charge in [-0.05, 0) is 55.0 Å². The minimum absolute atomic E-state index is 0.000998. The van der Waals surface area contributed by atoms with Crippen LogP contribution in [0.15, 0.2) is 71.7 Å². The fraction of sp³-hybridized carbons (Fsp3) is 0.333. The molecule has 144 valence electrons. The van der Waals surface area contributed by atoms with Crippen LogP contribution >= 0.6 is 0 Å². The molecular weight excluding hydrogens is 346 g/mol. The first-order valence-corrected chi connectivity index (χ1v) is 10.2. The molecule has 0 radical (unpaired) electrons. The number of hydrogen-bond donors (Lipinski definition) is 0. The van der Waals surface area contributed by atoms with E-state index in [2.05, 4.69) is 34.3 Å². The number of nitrogens with zero attached hydrogens (tertiary/aromatic N) is 3. The fourth-order valence-corrected chi connectivity index (χ4v) is 3.98. The molecule has 0 atom stereocenters. The number of hydrogen-bond acceptors (Lipinski definition) is 3. The summed E-state index contributed by atoms with van der Waals surface area (Å²) in [4.78, 5) is 15.3. The predicted octanol–water partition coefficient (Wildman–Crippen LogP) is 3.79. The second-order valence-corrected chi connectivity index (χ2v) is 7.46. The van der Waals surface area contributed by atoms with Crippen molar-refractivity contribution in [3.05, 3.63) is 88.3 Å². The average Bonchev–Trinajstić information content (AvgIpc) is 2.95. The van der Waals surface area contributed by atoms with Crippen molar-refractivity contribution in [1.29, 1.82) is 0 Å². The Hall–Kier alpha value is -2.72. The predicted molar refractivity (Wildman–Crippen MR) is 113 cm³/mol. The molecule has 0 amide bonds. The van der Waals surface area contributed by atoms with Gasteiger partial charge >= 0.3 is 0 Å². The van der Waals surface area contributed by atoms with E-state index in [1.807, 2.05) is 36.4 Å². The quantitative estimate of drug-likeness (QED) is 0.617. The van der Waals surface area contributed by atoms with Gasteiger partial charge in [-0.15, -0.1) is 0 Å². The smallest absolute Gasteiger partial charge is 0.274 e. The molecule has 2 heterocycles. The van der Waals surface area contributed by atoms with Crippen LogP contribution < -0.4 is 5.56 Å². The second-order valence-electron chi connectivity index (χ2n) is 7.46. The summed E-state index contributed by atoms with van der Waals surface area (Å²) in [5.74, 6) is 0. The lowest BCUT2D eigenvalue weighted by molar-refractivity contribution is 0.278. The molecule has 0 fully saturated rings. The van der Waals surface area contributed by atoms with Crippen LogP contribution in [0.1, 0.15) is 24.0 Å². The van der Waals surface area contributed by atoms with E-state index in [9.17, 15) is 4.79 Å². The normalized spacial score (nSPS) is 14.4. The summed E-state index contributed by atoms with van der Waals surface area (Å²) in [7, 11) is 0. The van der Waals surface area contributed by atoms with Crippen molar-refractivity contribution in [3.8, 4) is 11.1 Å². The minimum atomic E-state index is -0.000998. The molecule has 4 rings (SSSR count). The van der Waals surface area contributed by atoms with Crippen LogP contribution in [0.5, 0.6) is 0 Å². The molecule has 4 nitrogen and oxygen atoms in total. The zero-order valence-electron chi connectivity index (χ0n) is 16.3. The Morgan fingerprint density at radius 2 is 1.43 bits per heavy atom. The van der Waals surface area contributed by atoms with Gasteiger partial charge in [0.15, 0.2) is 0 Å². The Morgan fingerprint density at radius 3 is 2.14 bits per heavy atom. The van der Waals surface area contributed by atoms with Crippen molar-refractivity contribution in [2.75, 3.05) is 19.6 Å². The molecular formula is C24H27N3O. The van der Waals surface area contributed by atoms with Gasteiger partial charge in [-0.1, -0.05) is 54.6 Å². The van der Waals surface area contributed by atoms with Crippen molar-refractivity contribution >= 4 is 0 Å². The Morgan fingerprint density at radius 1 is 0.786 bits per heavy atom. The summed E-state index contributed by atoms with van der Waals surface area (Å²) in [5, 5.41) is 4.28. The van der Waals surface area contributed by atoms with E-state index in [-0.39, 0.29) is 5.56 Å². The van der Waals surface area contributed by atoms with Gasteiger partial charge in [-0.2, -0.15) is 5.10 Å². The molecule has 1 aliphatic heterocycles. The van der Waals surface area contributed by atoms with Gasteiger partial charge in [0.1, 0.15) is 0 Å². The zero-order chi connectivity index (χ0) is 19.2. The summed E-state index contributed by atoms with van der Waals surface area (Å²) >= 11 is 0. The Labute approximate surface area is 166 Å². The lowest BCUT2D eigenvalue weighted by Gasteiger charge is -2.19. The SMILES string of the molecule is O=c1c(-c2ccccc2)ccnn1CCCCN1CCc2ccccc2CC1. The lowest BCUT2D eigenvalue weighted by Crippen LogP contribution is -2.28.